The zero-order chi connectivity index (χ0) is 20.8. The van der Waals surface area contributed by atoms with Crippen LogP contribution in [0.5, 0.6) is 0 Å². The minimum atomic E-state index is -0.250. The van der Waals surface area contributed by atoms with Crippen molar-refractivity contribution < 1.29 is 18.9 Å². The lowest BCUT2D eigenvalue weighted by Crippen LogP contribution is -2.43. The molecule has 2 atom stereocenters. The molecule has 1 aromatic carbocycles. The third-order valence-electron chi connectivity index (χ3n) is 5.70. The molecule has 2 aromatic rings. The molecule has 3 N–H and O–H groups in total. The van der Waals surface area contributed by atoms with Crippen molar-refractivity contribution in [2.45, 2.75) is 57.4 Å². The summed E-state index contributed by atoms with van der Waals surface area (Å²) < 4.78 is 7.34. The van der Waals surface area contributed by atoms with Gasteiger partial charge in [0.1, 0.15) is 11.7 Å². The number of nitrogens with one attached hydrogen (secondary N) is 3. The smallest absolute Gasteiger partial charge is 0.290 e. The van der Waals surface area contributed by atoms with Gasteiger partial charge in [0, 0.05) is 11.8 Å². The van der Waals surface area contributed by atoms with Gasteiger partial charge in [0.15, 0.2) is 18.6 Å². The van der Waals surface area contributed by atoms with Crippen molar-refractivity contribution in [3.63, 3.8) is 0 Å². The summed E-state index contributed by atoms with van der Waals surface area (Å²) in [5, 5.41) is 2.84. The third kappa shape index (κ3) is 5.87. The molecule has 2 amide bonds. The van der Waals surface area contributed by atoms with Crippen LogP contribution in [0.15, 0.2) is 54.9 Å². The molecule has 1 aromatic heterocycles. The van der Waals surface area contributed by atoms with Crippen molar-refractivity contribution in [2.24, 2.45) is 5.92 Å². The molecule has 4 rings (SSSR count). The van der Waals surface area contributed by atoms with E-state index in [0.717, 1.165) is 18.0 Å². The zero-order valence-electron chi connectivity index (χ0n) is 17.0. The minimum absolute atomic E-state index is 0.108. The Balaban J connectivity index is 1.22. The Hall–Kier alpha value is -2.77. The fourth-order valence-corrected chi connectivity index (χ4v) is 4.05. The Morgan fingerprint density at radius 1 is 1.03 bits per heavy atom. The van der Waals surface area contributed by atoms with Crippen LogP contribution in [0.2, 0.25) is 0 Å². The van der Waals surface area contributed by atoms with Crippen molar-refractivity contribution in [2.75, 3.05) is 5.32 Å². The Bertz CT molecular complexity index is 868. The summed E-state index contributed by atoms with van der Waals surface area (Å²) in [6, 6.07) is 12.8. The standard InChI is InChI=1S/C23H28N4O3/c28-21(24-19-11-5-2-6-12-19)16-27-13-7-10-18(15-27)22(29)25-26-23-20(30-23)14-17-8-3-1-4-9-17/h2,5-7,10-13,15,17,20,23,26H,1,3-4,8-9,14,16H2,(H-,24,25,28,29)/p+1. The maximum Gasteiger partial charge on any atom is 0.290 e. The van der Waals surface area contributed by atoms with Crippen LogP contribution < -0.4 is 20.7 Å². The molecule has 2 unspecified atom stereocenters. The van der Waals surface area contributed by atoms with Gasteiger partial charge in [-0.25, -0.2) is 5.43 Å². The first kappa shape index (κ1) is 20.5. The number of ether oxygens (including phenoxy) is 1. The van der Waals surface area contributed by atoms with Crippen LogP contribution in [0.3, 0.4) is 0 Å². The van der Waals surface area contributed by atoms with E-state index in [4.69, 9.17) is 4.74 Å². The first-order valence-electron chi connectivity index (χ1n) is 10.7. The van der Waals surface area contributed by atoms with Crippen LogP contribution in [0.25, 0.3) is 0 Å². The van der Waals surface area contributed by atoms with E-state index in [0.29, 0.717) is 5.56 Å². The highest BCUT2D eigenvalue weighted by Crippen LogP contribution is 2.33. The van der Waals surface area contributed by atoms with Gasteiger partial charge in [-0.15, -0.1) is 0 Å². The Kier molecular flexibility index (Phi) is 6.71. The van der Waals surface area contributed by atoms with Crippen LogP contribution in [0.4, 0.5) is 5.69 Å². The number of amides is 2. The molecule has 2 fully saturated rings. The van der Waals surface area contributed by atoms with Crippen molar-refractivity contribution in [3.05, 3.63) is 60.4 Å². The number of nitrogens with zero attached hydrogens (tertiary/aromatic N) is 1. The number of aromatic nitrogens is 1. The maximum atomic E-state index is 12.5. The van der Waals surface area contributed by atoms with Gasteiger partial charge in [-0.3, -0.25) is 15.0 Å². The van der Waals surface area contributed by atoms with E-state index >= 15 is 0 Å². The molecule has 158 valence electrons. The number of para-hydroxylation sites is 1. The predicted molar refractivity (Wildman–Crippen MR) is 112 cm³/mol. The van der Waals surface area contributed by atoms with Gasteiger partial charge in [-0.1, -0.05) is 50.3 Å². The first-order chi connectivity index (χ1) is 14.7. The fourth-order valence-electron chi connectivity index (χ4n) is 4.05. The Morgan fingerprint density at radius 3 is 2.63 bits per heavy atom. The lowest BCUT2D eigenvalue weighted by atomic mass is 9.86. The highest BCUT2D eigenvalue weighted by molar-refractivity contribution is 5.93. The molecule has 7 heteroatoms. The predicted octanol–water partition coefficient (Wildman–Crippen LogP) is 2.54. The van der Waals surface area contributed by atoms with Gasteiger partial charge in [-0.05, 0) is 30.5 Å². The lowest BCUT2D eigenvalue weighted by Gasteiger charge is -2.20. The van der Waals surface area contributed by atoms with Crippen LogP contribution in [0.1, 0.15) is 48.9 Å². The number of hydrazine groups is 1. The molecule has 0 spiro atoms. The van der Waals surface area contributed by atoms with Crippen molar-refractivity contribution in [1.82, 2.24) is 10.9 Å². The lowest BCUT2D eigenvalue weighted by molar-refractivity contribution is -0.684. The summed E-state index contributed by atoms with van der Waals surface area (Å²) in [7, 11) is 0. The van der Waals surface area contributed by atoms with Gasteiger partial charge >= 0.3 is 0 Å². The van der Waals surface area contributed by atoms with Crippen LogP contribution in [-0.2, 0) is 16.1 Å². The van der Waals surface area contributed by atoms with E-state index in [1.54, 1.807) is 29.1 Å². The van der Waals surface area contributed by atoms with Crippen molar-refractivity contribution in [1.29, 1.82) is 0 Å². The second-order valence-corrected chi connectivity index (χ2v) is 8.11. The van der Waals surface area contributed by atoms with Crippen LogP contribution in [0, 0.1) is 5.92 Å². The molecule has 2 heterocycles. The Morgan fingerprint density at radius 2 is 1.83 bits per heavy atom. The molecule has 1 saturated heterocycles. The minimum Gasteiger partial charge on any atom is -0.352 e. The second-order valence-electron chi connectivity index (χ2n) is 8.11. The largest absolute Gasteiger partial charge is 0.352 e. The number of benzene rings is 1. The van der Waals surface area contributed by atoms with E-state index in [-0.39, 0.29) is 30.7 Å². The van der Waals surface area contributed by atoms with Gasteiger partial charge in [0.05, 0.1) is 0 Å². The summed E-state index contributed by atoms with van der Waals surface area (Å²) in [4.78, 5) is 24.7. The van der Waals surface area contributed by atoms with Crippen molar-refractivity contribution >= 4 is 17.5 Å². The number of carbonyl (C=O) groups excluding carboxylic acids is 2. The van der Waals surface area contributed by atoms with Gasteiger partial charge in [0.25, 0.3) is 11.8 Å². The summed E-state index contributed by atoms with van der Waals surface area (Å²) in [5.74, 6) is 0.347. The van der Waals surface area contributed by atoms with Crippen molar-refractivity contribution in [3.8, 4) is 0 Å². The van der Waals surface area contributed by atoms with E-state index in [1.165, 1.54) is 32.1 Å². The molecular weight excluding hydrogens is 380 g/mol. The van der Waals surface area contributed by atoms with E-state index < -0.39 is 0 Å². The van der Waals surface area contributed by atoms with E-state index in [2.05, 4.69) is 16.2 Å². The highest BCUT2D eigenvalue weighted by Gasteiger charge is 2.40. The summed E-state index contributed by atoms with van der Waals surface area (Å²) >= 11 is 0. The van der Waals surface area contributed by atoms with Gasteiger partial charge < -0.3 is 10.1 Å². The second kappa shape index (κ2) is 9.82. The molecule has 2 aliphatic rings. The number of anilines is 1. The monoisotopic (exact) mass is 409 g/mol. The average Bonchev–Trinajstić information content (AvgIpc) is 3.51. The SMILES string of the molecule is O=C(C[n+]1cccc(C(=O)NNC2OC2CC2CCCCC2)c1)Nc1ccccc1. The molecule has 30 heavy (non-hydrogen) atoms. The summed E-state index contributed by atoms with van der Waals surface area (Å²) in [6.07, 6.45) is 11.2. The number of epoxide rings is 1. The zero-order valence-corrected chi connectivity index (χ0v) is 17.0. The maximum absolute atomic E-state index is 12.5. The molecule has 1 aliphatic heterocycles. The van der Waals surface area contributed by atoms with Gasteiger partial charge in [0.2, 0.25) is 6.54 Å². The summed E-state index contributed by atoms with van der Waals surface area (Å²) in [5.41, 5.74) is 6.92. The molecule has 1 aliphatic carbocycles. The molecular formula is C23H29N4O3+. The average molecular weight is 410 g/mol. The molecule has 1 saturated carbocycles. The van der Waals surface area contributed by atoms with Crippen LogP contribution in [-0.4, -0.2) is 24.1 Å². The normalized spacial score (nSPS) is 21.1. The Labute approximate surface area is 176 Å². The highest BCUT2D eigenvalue weighted by atomic mass is 16.6. The van der Waals surface area contributed by atoms with Crippen LogP contribution >= 0.6 is 0 Å². The number of carbonyl (C=O) groups is 2. The number of rotatable bonds is 8. The van der Waals surface area contributed by atoms with E-state index in [9.17, 15) is 9.59 Å². The summed E-state index contributed by atoms with van der Waals surface area (Å²) in [6.45, 7) is 0.124. The number of hydrogen-bond donors (Lipinski definition) is 3. The first-order valence-corrected chi connectivity index (χ1v) is 10.7. The fraction of sp³-hybridized carbons (Fsp3) is 0.435. The molecule has 7 nitrogen and oxygen atoms in total. The molecule has 0 radical (unpaired) electrons. The molecule has 0 bridgehead atoms. The third-order valence-corrected chi connectivity index (χ3v) is 5.70. The number of pyridine rings is 1. The van der Waals surface area contributed by atoms with E-state index in [1.807, 2.05) is 30.3 Å². The quantitative estimate of drug-likeness (QED) is 0.355. The topological polar surface area (TPSA) is 86.6 Å². The van der Waals surface area contributed by atoms with Gasteiger partial charge in [-0.2, -0.15) is 4.57 Å². The number of hydrogen-bond acceptors (Lipinski definition) is 4.